The van der Waals surface area contributed by atoms with Crippen molar-refractivity contribution in [2.75, 3.05) is 0 Å². The highest BCUT2D eigenvalue weighted by molar-refractivity contribution is 9.10. The molecule has 5 heteroatoms. The van der Waals surface area contributed by atoms with E-state index in [1.807, 2.05) is 24.3 Å². The number of hydrogen-bond acceptors (Lipinski definition) is 1. The minimum atomic E-state index is 0.00306. The first-order valence-corrected chi connectivity index (χ1v) is 4.41. The second-order valence-electron chi connectivity index (χ2n) is 2.33. The van der Waals surface area contributed by atoms with Gasteiger partial charge in [0.1, 0.15) is 0 Å². The summed E-state index contributed by atoms with van der Waals surface area (Å²) in [6.07, 6.45) is 1.70. The van der Waals surface area contributed by atoms with Crippen molar-refractivity contribution in [3.8, 4) is 0 Å². The van der Waals surface area contributed by atoms with Crippen LogP contribution in [0.4, 0.5) is 0 Å². The zero-order valence-corrected chi connectivity index (χ0v) is 8.45. The van der Waals surface area contributed by atoms with Crippen LogP contribution in [0.15, 0.2) is 33.8 Å². The van der Waals surface area contributed by atoms with Gasteiger partial charge < -0.3 is 11.5 Å². The van der Waals surface area contributed by atoms with E-state index in [0.29, 0.717) is 0 Å². The Morgan fingerprint density at radius 3 is 2.69 bits per heavy atom. The maximum absolute atomic E-state index is 5.13. The number of nitrogens with two attached hydrogens (primary N) is 2. The number of rotatable bonds is 2. The van der Waals surface area contributed by atoms with Crippen molar-refractivity contribution >= 4 is 28.1 Å². The topological polar surface area (TPSA) is 78.4 Å². The first-order chi connectivity index (χ1) is 6.20. The van der Waals surface area contributed by atoms with E-state index in [1.165, 1.54) is 0 Å². The number of halogens is 1. The van der Waals surface area contributed by atoms with Crippen molar-refractivity contribution in [3.05, 3.63) is 34.3 Å². The van der Waals surface area contributed by atoms with E-state index >= 15 is 0 Å². The van der Waals surface area contributed by atoms with Crippen molar-refractivity contribution in [1.82, 2.24) is 0 Å². The summed E-state index contributed by atoms with van der Waals surface area (Å²) in [6.45, 7) is 0. The van der Waals surface area contributed by atoms with Gasteiger partial charge in [0.2, 0.25) is 6.21 Å². The summed E-state index contributed by atoms with van der Waals surface area (Å²) in [5.74, 6) is 0.00306. The first kappa shape index (κ1) is 9.73. The molecule has 0 heterocycles. The molecule has 0 unspecified atom stereocenters. The van der Waals surface area contributed by atoms with Gasteiger partial charge in [-0.1, -0.05) is 12.1 Å². The second kappa shape index (κ2) is 4.61. The lowest BCUT2D eigenvalue weighted by atomic mass is 10.2. The number of nitrogens with one attached hydrogen (secondary N) is 1. The van der Waals surface area contributed by atoms with E-state index in [4.69, 9.17) is 11.5 Å². The van der Waals surface area contributed by atoms with Gasteiger partial charge in [-0.15, -0.1) is 5.10 Å². The van der Waals surface area contributed by atoms with Crippen LogP contribution in [0.25, 0.3) is 0 Å². The third kappa shape index (κ3) is 3.25. The summed E-state index contributed by atoms with van der Waals surface area (Å²) in [6, 6.07) is 7.72. The fraction of sp³-hybridized carbons (Fsp3) is 0. The first-order valence-electron chi connectivity index (χ1n) is 3.62. The van der Waals surface area contributed by atoms with Crippen LogP contribution in [0.3, 0.4) is 0 Å². The lowest BCUT2D eigenvalue weighted by Gasteiger charge is -1.90. The summed E-state index contributed by atoms with van der Waals surface area (Å²) < 4.78 is 0.980. The molecule has 0 fully saturated rings. The fourth-order valence-electron chi connectivity index (χ4n) is 0.769. The Balaban J connectivity index is 2.80. The highest BCUT2D eigenvalue weighted by Crippen LogP contribution is 2.12. The molecule has 1 aromatic carbocycles. The van der Waals surface area contributed by atoms with Gasteiger partial charge in [-0.2, -0.15) is 0 Å². The van der Waals surface area contributed by atoms with Crippen molar-refractivity contribution in [2.24, 2.45) is 16.6 Å². The Bertz CT molecular complexity index is 342. The predicted molar refractivity (Wildman–Crippen MR) is 56.1 cm³/mol. The Morgan fingerprint density at radius 1 is 1.38 bits per heavy atom. The average Bonchev–Trinajstić information content (AvgIpc) is 2.08. The molecule has 0 atom stereocenters. The quantitative estimate of drug-likeness (QED) is 0.358. The van der Waals surface area contributed by atoms with E-state index in [0.717, 1.165) is 10.0 Å². The molecule has 0 saturated heterocycles. The number of hydrogen-bond donors (Lipinski definition) is 3. The van der Waals surface area contributed by atoms with Crippen LogP contribution in [-0.2, 0) is 0 Å². The van der Waals surface area contributed by atoms with Gasteiger partial charge in [-0.3, -0.25) is 0 Å². The van der Waals surface area contributed by atoms with Crippen LogP contribution in [-0.4, -0.2) is 12.2 Å². The molecule has 0 radical (unpaired) electrons. The SMILES string of the molecule is NC(N)=N/[NH+]=C/c1ccccc1Br. The monoisotopic (exact) mass is 241 g/mol. The highest BCUT2D eigenvalue weighted by atomic mass is 79.9. The van der Waals surface area contributed by atoms with Gasteiger partial charge in [0.15, 0.2) is 0 Å². The van der Waals surface area contributed by atoms with Crippen LogP contribution >= 0.6 is 15.9 Å². The number of nitrogens with zero attached hydrogens (tertiary/aromatic N) is 1. The van der Waals surface area contributed by atoms with Gasteiger partial charge >= 0.3 is 0 Å². The van der Waals surface area contributed by atoms with E-state index in [2.05, 4.69) is 26.1 Å². The molecule has 0 amide bonds. The van der Waals surface area contributed by atoms with Gasteiger partial charge in [-0.25, -0.2) is 0 Å². The second-order valence-corrected chi connectivity index (χ2v) is 3.19. The molecule has 13 heavy (non-hydrogen) atoms. The largest absolute Gasteiger partial charge is 0.365 e. The number of benzene rings is 1. The molecule has 0 aliphatic carbocycles. The molecule has 0 bridgehead atoms. The molecule has 5 N–H and O–H groups in total. The lowest BCUT2D eigenvalue weighted by Crippen LogP contribution is -2.63. The van der Waals surface area contributed by atoms with Gasteiger partial charge in [-0.05, 0) is 28.1 Å². The van der Waals surface area contributed by atoms with Crippen LogP contribution in [0, 0.1) is 0 Å². The van der Waals surface area contributed by atoms with E-state index in [9.17, 15) is 0 Å². The van der Waals surface area contributed by atoms with Crippen molar-refractivity contribution in [3.63, 3.8) is 0 Å². The average molecular weight is 242 g/mol. The molecular formula is C8H10BrN4+. The molecule has 0 aliphatic heterocycles. The third-order valence-corrected chi connectivity index (χ3v) is 2.04. The van der Waals surface area contributed by atoms with Crippen molar-refractivity contribution in [2.45, 2.75) is 0 Å². The van der Waals surface area contributed by atoms with Crippen LogP contribution in [0.1, 0.15) is 5.56 Å². The third-order valence-electron chi connectivity index (χ3n) is 1.32. The maximum atomic E-state index is 5.13. The normalized spacial score (nSPS) is 10.2. The van der Waals surface area contributed by atoms with Crippen LogP contribution in [0.5, 0.6) is 0 Å². The Hall–Kier alpha value is -1.36. The Kier molecular flexibility index (Phi) is 3.45. The summed E-state index contributed by atoms with van der Waals surface area (Å²) in [5, 5.41) is 6.23. The molecule has 0 aliphatic rings. The zero-order chi connectivity index (χ0) is 9.68. The van der Waals surface area contributed by atoms with E-state index < -0.39 is 0 Å². The standard InChI is InChI=1S/C8H9BrN4/c9-7-4-2-1-3-6(7)5-12-13-8(10)11/h1-5H,(H4,10,11,13)/p+1/b12-5+. The zero-order valence-electron chi connectivity index (χ0n) is 6.87. The molecule has 4 nitrogen and oxygen atoms in total. The van der Waals surface area contributed by atoms with E-state index in [1.54, 1.807) is 6.21 Å². The maximum Gasteiger partial charge on any atom is 0.256 e. The summed E-state index contributed by atoms with van der Waals surface area (Å²) in [4.78, 5) is 0. The molecule has 68 valence electrons. The molecule has 1 rings (SSSR count). The van der Waals surface area contributed by atoms with Crippen molar-refractivity contribution < 1.29 is 5.10 Å². The lowest BCUT2D eigenvalue weighted by molar-refractivity contribution is -0.456. The minimum absolute atomic E-state index is 0.00306. The molecular weight excluding hydrogens is 232 g/mol. The van der Waals surface area contributed by atoms with Crippen LogP contribution in [0.2, 0.25) is 0 Å². The fourth-order valence-corrected chi connectivity index (χ4v) is 1.17. The number of hydrazone groups is 1. The summed E-state index contributed by atoms with van der Waals surface area (Å²) in [7, 11) is 0. The minimum Gasteiger partial charge on any atom is -0.365 e. The molecule has 0 aromatic heterocycles. The Labute approximate surface area is 84.5 Å². The molecule has 0 spiro atoms. The number of guanidine groups is 1. The van der Waals surface area contributed by atoms with Gasteiger partial charge in [0, 0.05) is 9.57 Å². The van der Waals surface area contributed by atoms with E-state index in [-0.39, 0.29) is 5.96 Å². The molecule has 1 aromatic rings. The summed E-state index contributed by atoms with van der Waals surface area (Å²) in [5.41, 5.74) is 11.2. The van der Waals surface area contributed by atoms with Crippen LogP contribution < -0.4 is 16.6 Å². The highest BCUT2D eigenvalue weighted by Gasteiger charge is 1.96. The van der Waals surface area contributed by atoms with Crippen molar-refractivity contribution in [1.29, 1.82) is 0 Å². The van der Waals surface area contributed by atoms with Gasteiger partial charge in [0.25, 0.3) is 5.96 Å². The molecule has 0 saturated carbocycles. The Morgan fingerprint density at radius 2 is 2.08 bits per heavy atom. The smallest absolute Gasteiger partial charge is 0.256 e. The predicted octanol–water partition coefficient (Wildman–Crippen LogP) is -0.863. The van der Waals surface area contributed by atoms with Gasteiger partial charge in [0.05, 0.1) is 5.56 Å². The summed E-state index contributed by atoms with van der Waals surface area (Å²) >= 11 is 3.38.